The molecule has 24 nitrogen and oxygen atoms in total. The number of allylic oxidation sites excluding steroid dienone is 2. The Kier molecular flexibility index (Phi) is 34.8. The minimum absolute atomic E-state index is 0.00113. The number of likely N-dealkylation sites (N-methyl/N-ethyl adjacent to an activating group) is 7. The minimum Gasteiger partial charge on any atom is -0.390 e. The van der Waals surface area contributed by atoms with Gasteiger partial charge >= 0.3 is 0 Å². The topological polar surface area (TPSA) is 288 Å². The molecule has 0 unspecified atom stereocenters. The molecule has 25 heteroatoms. The van der Waals surface area contributed by atoms with Crippen molar-refractivity contribution in [3.8, 4) is 0 Å². The summed E-state index contributed by atoms with van der Waals surface area (Å²) in [7, 11) is 9.81. The molecule has 11 amide bonds. The van der Waals surface area contributed by atoms with Crippen molar-refractivity contribution in [2.45, 2.75) is 228 Å². The van der Waals surface area contributed by atoms with E-state index in [9.17, 15) is 48.3 Å². The lowest BCUT2D eigenvalue weighted by Gasteiger charge is -2.41. The fourth-order valence-corrected chi connectivity index (χ4v) is 11.3. The monoisotopic (exact) mass is 1280 g/mol. The van der Waals surface area contributed by atoms with E-state index in [2.05, 4.69) is 33.9 Å². The second-order valence-corrected chi connectivity index (χ2v) is 26.8. The highest BCUT2D eigenvalue weighted by Gasteiger charge is 2.46. The van der Waals surface area contributed by atoms with E-state index in [0.29, 0.717) is 25.0 Å². The third-order valence-corrected chi connectivity index (χ3v) is 17.0. The van der Waals surface area contributed by atoms with E-state index in [-0.39, 0.29) is 50.0 Å². The van der Waals surface area contributed by atoms with Gasteiger partial charge in [0.1, 0.15) is 60.4 Å². The molecule has 1 aliphatic heterocycles. The average molecular weight is 1280 g/mol. The summed E-state index contributed by atoms with van der Waals surface area (Å²) in [5, 5.41) is 23.1. The number of rotatable bonds is 19. The quantitative estimate of drug-likeness (QED) is 0.0616. The summed E-state index contributed by atoms with van der Waals surface area (Å²) in [5.41, 5.74) is 0. The molecule has 0 saturated carbocycles. The molecule has 0 radical (unpaired) electrons. The van der Waals surface area contributed by atoms with Gasteiger partial charge in [-0.15, -0.1) is 0 Å². The van der Waals surface area contributed by atoms with Crippen LogP contribution in [0.5, 0.6) is 0 Å². The minimum atomic E-state index is -1.63. The number of hydrogen-bond acceptors (Lipinski definition) is 14. The Balaban J connectivity index is 4.38. The van der Waals surface area contributed by atoms with Gasteiger partial charge in [0.05, 0.1) is 18.8 Å². The van der Waals surface area contributed by atoms with E-state index >= 15 is 9.59 Å². The summed E-state index contributed by atoms with van der Waals surface area (Å²) in [6.07, 6.45) is 3.09. The van der Waals surface area contributed by atoms with Crippen LogP contribution < -0.4 is 21.3 Å². The van der Waals surface area contributed by atoms with Crippen molar-refractivity contribution in [2.24, 2.45) is 35.5 Å². The number of hydrogen-bond donors (Lipinski definition) is 6. The van der Waals surface area contributed by atoms with Crippen molar-refractivity contribution >= 4 is 77.6 Å². The molecule has 1 fully saturated rings. The Morgan fingerprint density at radius 1 is 0.528 bits per heavy atom. The van der Waals surface area contributed by atoms with Crippen molar-refractivity contribution in [1.29, 1.82) is 0 Å². The van der Waals surface area contributed by atoms with Crippen LogP contribution in [0.1, 0.15) is 156 Å². The Morgan fingerprint density at radius 2 is 1.00 bits per heavy atom. The number of amides is 11. The zero-order valence-corrected chi connectivity index (χ0v) is 58.9. The lowest BCUT2D eigenvalue weighted by atomic mass is 9.91. The normalized spacial score (nSPS) is 26.5. The second kappa shape index (κ2) is 38.1. The van der Waals surface area contributed by atoms with Crippen molar-refractivity contribution in [3.63, 3.8) is 0 Å². The van der Waals surface area contributed by atoms with Gasteiger partial charge in [-0.25, -0.2) is 0 Å². The maximum atomic E-state index is 15.2. The Hall–Kier alpha value is -5.82. The molecule has 0 spiro atoms. The molecule has 1 rings (SSSR count). The van der Waals surface area contributed by atoms with E-state index in [1.807, 2.05) is 41.5 Å². The molecule has 510 valence electrons. The highest BCUT2D eigenvalue weighted by Crippen LogP contribution is 2.26. The first-order valence-electron chi connectivity index (χ1n) is 31.8. The molecule has 13 atom stereocenters. The SMILES string of the molecule is CC=CC[C@@H](C)[C@@H](O)[C@H]1C(=O)N[C@@H](CC)C(=O)N(C)CC(=O)N(C)[C@@H]([C@@H](C)OCCCCS)C(=O)N[C@@H](C(C)C)C(=O)N(C)[C@@H](CC(C)C)C(=O)N[C@@H](C)C(=O)N[C@H](C)C(=O)N(C)[C@@H](CC(C)C)C(=O)N(C)[C@H](CC(C)C)C(=O)N(C)[C@H](C(C)C)C(=O)N1C. The summed E-state index contributed by atoms with van der Waals surface area (Å²) in [6.45, 7) is 27.2. The van der Waals surface area contributed by atoms with Gasteiger partial charge in [-0.2, -0.15) is 12.6 Å². The third-order valence-electron chi connectivity index (χ3n) is 16.7. The van der Waals surface area contributed by atoms with Crippen molar-refractivity contribution in [3.05, 3.63) is 12.2 Å². The number of aliphatic hydroxyl groups is 1. The Bertz CT molecular complexity index is 2410. The molecule has 0 aromatic heterocycles. The first-order valence-corrected chi connectivity index (χ1v) is 32.5. The summed E-state index contributed by atoms with van der Waals surface area (Å²) >= 11 is 4.30. The van der Waals surface area contributed by atoms with Gasteiger partial charge in [0, 0.05) is 55.9 Å². The fraction of sp³-hybridized carbons (Fsp3) is 0.797. The van der Waals surface area contributed by atoms with Gasteiger partial charge in [0.15, 0.2) is 0 Å². The Morgan fingerprint density at radius 3 is 1.48 bits per heavy atom. The molecule has 5 N–H and O–H groups in total. The molecule has 89 heavy (non-hydrogen) atoms. The van der Waals surface area contributed by atoms with Gasteiger partial charge in [0.25, 0.3) is 0 Å². The maximum absolute atomic E-state index is 15.2. The van der Waals surface area contributed by atoms with Gasteiger partial charge in [-0.3, -0.25) is 52.7 Å². The molecule has 1 saturated heterocycles. The van der Waals surface area contributed by atoms with Gasteiger partial charge in [-0.05, 0) is 114 Å². The van der Waals surface area contributed by atoms with Crippen LogP contribution in [-0.4, -0.2) is 245 Å². The van der Waals surface area contributed by atoms with E-state index in [1.165, 1.54) is 82.8 Å². The number of nitrogens with zero attached hydrogens (tertiary/aromatic N) is 7. The molecule has 0 bridgehead atoms. The van der Waals surface area contributed by atoms with E-state index in [4.69, 9.17) is 4.74 Å². The maximum Gasteiger partial charge on any atom is 0.246 e. The number of carbonyl (C=O) groups is 11. The van der Waals surface area contributed by atoms with Gasteiger partial charge in [-0.1, -0.05) is 95.2 Å². The van der Waals surface area contributed by atoms with Crippen LogP contribution in [0.25, 0.3) is 0 Å². The smallest absolute Gasteiger partial charge is 0.246 e. The van der Waals surface area contributed by atoms with Crippen LogP contribution in [0.15, 0.2) is 12.2 Å². The number of aliphatic hydroxyl groups excluding tert-OH is 1. The van der Waals surface area contributed by atoms with Crippen molar-refractivity contribution in [2.75, 3.05) is 68.2 Å². The predicted molar refractivity (Wildman–Crippen MR) is 347 cm³/mol. The lowest BCUT2D eigenvalue weighted by Crippen LogP contribution is -2.63. The fourth-order valence-electron chi connectivity index (χ4n) is 11.0. The molecule has 1 heterocycles. The third kappa shape index (κ3) is 23.4. The van der Waals surface area contributed by atoms with E-state index in [1.54, 1.807) is 67.5 Å². The highest BCUT2D eigenvalue weighted by molar-refractivity contribution is 7.80. The number of carbonyl (C=O) groups excluding carboxylic acids is 11. The van der Waals surface area contributed by atoms with Crippen LogP contribution >= 0.6 is 12.6 Å². The molecular weight excluding hydrogens is 1160 g/mol. The molecule has 1 aliphatic rings. The van der Waals surface area contributed by atoms with Gasteiger partial charge < -0.3 is 65.4 Å². The molecular formula is C64H115N11O13S. The lowest BCUT2D eigenvalue weighted by molar-refractivity contribution is -0.157. The molecule has 0 aromatic carbocycles. The van der Waals surface area contributed by atoms with E-state index in [0.717, 1.165) is 14.7 Å². The number of unbranched alkanes of at least 4 members (excludes halogenated alkanes) is 1. The largest absolute Gasteiger partial charge is 0.390 e. The van der Waals surface area contributed by atoms with Crippen molar-refractivity contribution in [1.82, 2.24) is 55.6 Å². The predicted octanol–water partition coefficient (Wildman–Crippen LogP) is 3.34. The summed E-state index contributed by atoms with van der Waals surface area (Å²) in [4.78, 5) is 170. The summed E-state index contributed by atoms with van der Waals surface area (Å²) in [5.74, 6) is -9.45. The number of thiol groups is 1. The number of ether oxygens (including phenoxy) is 1. The zero-order valence-electron chi connectivity index (χ0n) is 58.0. The first-order chi connectivity index (χ1) is 41.3. The standard InChI is InChI=1S/C64H115N11O13S/c1-24-26-29-41(13)54(77)53-58(81)67-45(25-2)60(83)69(17)35-49(76)73(21)52(44(16)88-30-27-28-31-89)57(80)68-50(39(9)10)63(86)70(18)46(32-36(3)4)56(79)65-42(14)55(78)66-43(15)59(82)71(19)47(33-37(5)6)61(84)72(20)48(34-38(7)8)62(85)74(22)51(40(11)12)64(87)75(53)23/h24,26,36-48,50-54,77,89H,25,27-35H2,1-23H3,(H,65,79)(H,66,78)(H,67,81)(H,68,80)/t41-,42+,43-,44-,45+,46+,47+,48-,50+,51-,52+,53+,54-/m1/s1. The van der Waals surface area contributed by atoms with Crippen LogP contribution in [0.2, 0.25) is 0 Å². The molecule has 0 aromatic rings. The van der Waals surface area contributed by atoms with Gasteiger partial charge in [0.2, 0.25) is 65.0 Å². The van der Waals surface area contributed by atoms with Crippen LogP contribution in [0.3, 0.4) is 0 Å². The number of nitrogens with one attached hydrogen (secondary N) is 4. The van der Waals surface area contributed by atoms with Crippen LogP contribution in [-0.2, 0) is 57.5 Å². The first kappa shape index (κ1) is 81.2. The van der Waals surface area contributed by atoms with Crippen LogP contribution in [0.4, 0.5) is 0 Å². The van der Waals surface area contributed by atoms with Crippen LogP contribution in [0, 0.1) is 35.5 Å². The van der Waals surface area contributed by atoms with Crippen molar-refractivity contribution < 1.29 is 62.6 Å². The zero-order chi connectivity index (χ0) is 68.8. The second-order valence-electron chi connectivity index (χ2n) is 26.4. The average Bonchev–Trinajstić information content (AvgIpc) is 0.987. The summed E-state index contributed by atoms with van der Waals surface area (Å²) in [6, 6.07) is -12.8. The Labute approximate surface area is 537 Å². The molecule has 0 aliphatic carbocycles. The van der Waals surface area contributed by atoms with E-state index < -0.39 is 162 Å². The highest BCUT2D eigenvalue weighted by atomic mass is 32.1. The summed E-state index contributed by atoms with van der Waals surface area (Å²) < 4.78 is 6.14.